The van der Waals surface area contributed by atoms with E-state index in [1.807, 2.05) is 0 Å². The first-order valence-corrected chi connectivity index (χ1v) is 7.84. The largest absolute Gasteiger partial charge is 0.352 e. The molecule has 0 aliphatic carbocycles. The number of carbonyl (C=O) groups excluding carboxylic acids is 2. The normalized spacial score (nSPS) is 9.92. The van der Waals surface area contributed by atoms with Crippen LogP contribution in [0.2, 0.25) is 0 Å². The molecule has 0 aromatic heterocycles. The third-order valence-corrected chi connectivity index (χ3v) is 3.55. The average molecular weight is 339 g/mol. The van der Waals surface area contributed by atoms with E-state index in [1.165, 1.54) is 6.07 Å². The summed E-state index contributed by atoms with van der Waals surface area (Å²) >= 11 is 0. The molecule has 128 valence electrons. The van der Waals surface area contributed by atoms with Crippen LogP contribution in [-0.4, -0.2) is 11.8 Å². The minimum Gasteiger partial charge on any atom is -0.352 e. The number of hydrogen-bond donors (Lipinski definition) is 2. The van der Waals surface area contributed by atoms with Gasteiger partial charge in [0.2, 0.25) is 11.8 Å². The molecule has 2 aromatic carbocycles. The Labute approximate surface area is 145 Å². The van der Waals surface area contributed by atoms with Crippen LogP contribution in [0.5, 0.6) is 0 Å². The van der Waals surface area contributed by atoms with E-state index in [1.54, 1.807) is 48.5 Å². The van der Waals surface area contributed by atoms with E-state index < -0.39 is 0 Å². The highest BCUT2D eigenvalue weighted by molar-refractivity contribution is 5.92. The van der Waals surface area contributed by atoms with Crippen molar-refractivity contribution < 1.29 is 14.0 Å². The van der Waals surface area contributed by atoms with Crippen LogP contribution >= 0.6 is 0 Å². The van der Waals surface area contributed by atoms with Crippen LogP contribution < -0.4 is 10.6 Å². The molecule has 6 heteroatoms. The molecule has 0 fully saturated rings. The molecule has 5 nitrogen and oxygen atoms in total. The number of rotatable bonds is 7. The quantitative estimate of drug-likeness (QED) is 0.814. The maximum absolute atomic E-state index is 13.5. The zero-order valence-corrected chi connectivity index (χ0v) is 13.6. The van der Waals surface area contributed by atoms with Crippen LogP contribution in [0, 0.1) is 17.1 Å². The molecule has 2 rings (SSSR count). The summed E-state index contributed by atoms with van der Waals surface area (Å²) in [4.78, 5) is 23.2. The van der Waals surface area contributed by atoms with Crippen LogP contribution in [0.1, 0.15) is 24.0 Å². The Kier molecular flexibility index (Phi) is 6.66. The van der Waals surface area contributed by atoms with Crippen LogP contribution in [0.15, 0.2) is 48.5 Å². The number of nitrogens with zero attached hydrogens (tertiary/aromatic N) is 1. The van der Waals surface area contributed by atoms with Crippen molar-refractivity contribution in [1.29, 1.82) is 5.26 Å². The van der Waals surface area contributed by atoms with Gasteiger partial charge in [-0.05, 0) is 35.7 Å². The van der Waals surface area contributed by atoms with Crippen molar-refractivity contribution in [3.05, 3.63) is 65.5 Å². The second kappa shape index (κ2) is 9.18. The minimum absolute atomic E-state index is 0.158. The van der Waals surface area contributed by atoms with E-state index in [2.05, 4.69) is 10.6 Å². The van der Waals surface area contributed by atoms with Crippen molar-refractivity contribution in [2.24, 2.45) is 0 Å². The first-order valence-electron chi connectivity index (χ1n) is 7.84. The lowest BCUT2D eigenvalue weighted by atomic mass is 10.1. The molecule has 0 spiro atoms. The molecule has 0 saturated heterocycles. The highest BCUT2D eigenvalue weighted by Crippen LogP contribution is 2.11. The fourth-order valence-corrected chi connectivity index (χ4v) is 2.22. The number of nitriles is 1. The Morgan fingerprint density at radius 3 is 2.44 bits per heavy atom. The van der Waals surface area contributed by atoms with Gasteiger partial charge in [0.15, 0.2) is 0 Å². The van der Waals surface area contributed by atoms with Gasteiger partial charge in [-0.15, -0.1) is 0 Å². The molecule has 0 unspecified atom stereocenters. The molecule has 2 amide bonds. The second-order valence-corrected chi connectivity index (χ2v) is 5.45. The standard InChI is InChI=1S/C19H18FN3O2/c20-17-4-2-1-3-15(17)7-10-18(24)22-13-14-5-8-16(9-6-14)23-19(25)11-12-21/h1-6,8-9H,7,10-11,13H2,(H,22,24)(H,23,25). The van der Waals surface area contributed by atoms with E-state index in [0.717, 1.165) is 5.56 Å². The van der Waals surface area contributed by atoms with E-state index >= 15 is 0 Å². The number of carbonyl (C=O) groups is 2. The third-order valence-electron chi connectivity index (χ3n) is 3.55. The van der Waals surface area contributed by atoms with Gasteiger partial charge >= 0.3 is 0 Å². The fourth-order valence-electron chi connectivity index (χ4n) is 2.22. The summed E-state index contributed by atoms with van der Waals surface area (Å²) in [7, 11) is 0. The van der Waals surface area contributed by atoms with Gasteiger partial charge in [0.25, 0.3) is 0 Å². The molecular weight excluding hydrogens is 321 g/mol. The lowest BCUT2D eigenvalue weighted by molar-refractivity contribution is -0.121. The van der Waals surface area contributed by atoms with E-state index in [0.29, 0.717) is 24.2 Å². The summed E-state index contributed by atoms with van der Waals surface area (Å²) in [5, 5.41) is 13.8. The van der Waals surface area contributed by atoms with E-state index in [4.69, 9.17) is 5.26 Å². The van der Waals surface area contributed by atoms with Crippen molar-refractivity contribution in [1.82, 2.24) is 5.32 Å². The maximum Gasteiger partial charge on any atom is 0.238 e. The molecule has 0 heterocycles. The molecule has 0 bridgehead atoms. The smallest absolute Gasteiger partial charge is 0.238 e. The molecule has 0 aliphatic rings. The van der Waals surface area contributed by atoms with Crippen LogP contribution in [0.3, 0.4) is 0 Å². The van der Waals surface area contributed by atoms with Gasteiger partial charge in [-0.2, -0.15) is 5.26 Å². The zero-order chi connectivity index (χ0) is 18.1. The molecule has 0 atom stereocenters. The van der Waals surface area contributed by atoms with E-state index in [9.17, 15) is 14.0 Å². The summed E-state index contributed by atoms with van der Waals surface area (Å²) in [5.74, 6) is -0.823. The highest BCUT2D eigenvalue weighted by atomic mass is 19.1. The minimum atomic E-state index is -0.364. The summed E-state index contributed by atoms with van der Waals surface area (Å²) < 4.78 is 13.5. The number of anilines is 1. The topological polar surface area (TPSA) is 82.0 Å². The van der Waals surface area contributed by atoms with Crippen LogP contribution in [0.4, 0.5) is 10.1 Å². The third kappa shape index (κ3) is 6.07. The Balaban J connectivity index is 1.77. The molecule has 2 N–H and O–H groups in total. The van der Waals surface area contributed by atoms with Gasteiger partial charge < -0.3 is 10.6 Å². The van der Waals surface area contributed by atoms with Crippen molar-refractivity contribution >= 4 is 17.5 Å². The van der Waals surface area contributed by atoms with Crippen molar-refractivity contribution in [3.63, 3.8) is 0 Å². The van der Waals surface area contributed by atoms with Gasteiger partial charge in [0.1, 0.15) is 12.2 Å². The molecule has 0 aliphatic heterocycles. The Morgan fingerprint density at radius 1 is 1.04 bits per heavy atom. The van der Waals surface area contributed by atoms with Gasteiger partial charge in [-0.25, -0.2) is 4.39 Å². The Morgan fingerprint density at radius 2 is 1.76 bits per heavy atom. The Bertz CT molecular complexity index is 782. The summed E-state index contributed by atoms with van der Waals surface area (Å²) in [6.07, 6.45) is 0.366. The number of nitrogens with one attached hydrogen (secondary N) is 2. The van der Waals surface area contributed by atoms with Crippen molar-refractivity contribution in [2.45, 2.75) is 25.8 Å². The van der Waals surface area contributed by atoms with Crippen LogP contribution in [0.25, 0.3) is 0 Å². The predicted octanol–water partition coefficient (Wildman–Crippen LogP) is 2.93. The molecule has 2 aromatic rings. The number of halogens is 1. The number of amides is 2. The molecule has 0 saturated carbocycles. The summed E-state index contributed by atoms with van der Waals surface area (Å²) in [6, 6.07) is 15.1. The van der Waals surface area contributed by atoms with Crippen LogP contribution in [-0.2, 0) is 22.6 Å². The first kappa shape index (κ1) is 18.1. The number of benzene rings is 2. The summed E-state index contributed by atoms with van der Waals surface area (Å²) in [5.41, 5.74) is 1.99. The Hall–Kier alpha value is -3.20. The molecule has 0 radical (unpaired) electrons. The monoisotopic (exact) mass is 339 g/mol. The number of hydrogen-bond acceptors (Lipinski definition) is 3. The first-order chi connectivity index (χ1) is 12.1. The summed E-state index contributed by atoms with van der Waals surface area (Å²) in [6.45, 7) is 0.350. The average Bonchev–Trinajstić information content (AvgIpc) is 2.60. The SMILES string of the molecule is N#CCC(=O)Nc1ccc(CNC(=O)CCc2ccccc2F)cc1. The van der Waals surface area contributed by atoms with Crippen molar-refractivity contribution in [2.75, 3.05) is 5.32 Å². The molecular formula is C19H18FN3O2. The molecule has 25 heavy (non-hydrogen) atoms. The zero-order valence-electron chi connectivity index (χ0n) is 13.6. The van der Waals surface area contributed by atoms with Crippen molar-refractivity contribution in [3.8, 4) is 6.07 Å². The van der Waals surface area contributed by atoms with Gasteiger partial charge in [0, 0.05) is 18.7 Å². The van der Waals surface area contributed by atoms with Gasteiger partial charge in [-0.3, -0.25) is 9.59 Å². The lowest BCUT2D eigenvalue weighted by Crippen LogP contribution is -2.23. The second-order valence-electron chi connectivity index (χ2n) is 5.45. The maximum atomic E-state index is 13.5. The van der Waals surface area contributed by atoms with Gasteiger partial charge in [-0.1, -0.05) is 30.3 Å². The number of aryl methyl sites for hydroxylation is 1. The highest BCUT2D eigenvalue weighted by Gasteiger charge is 2.06. The fraction of sp³-hybridized carbons (Fsp3) is 0.211. The lowest BCUT2D eigenvalue weighted by Gasteiger charge is -2.07. The predicted molar refractivity (Wildman–Crippen MR) is 91.9 cm³/mol. The van der Waals surface area contributed by atoms with Gasteiger partial charge in [0.05, 0.1) is 6.07 Å². The van der Waals surface area contributed by atoms with E-state index in [-0.39, 0.29) is 30.5 Å².